The maximum absolute atomic E-state index is 14.0. The fourth-order valence-electron chi connectivity index (χ4n) is 5.20. The van der Waals surface area contributed by atoms with Gasteiger partial charge in [-0.2, -0.15) is 0 Å². The number of hydrogen-bond donors (Lipinski definition) is 0. The summed E-state index contributed by atoms with van der Waals surface area (Å²) in [6, 6.07) is 20.0. The number of thiazole rings is 1. The fraction of sp³-hybridized carbons (Fsp3) is 0.258. The number of pyridine rings is 1. The zero-order valence-corrected chi connectivity index (χ0v) is 25.7. The second kappa shape index (κ2) is 11.1. The van der Waals surface area contributed by atoms with E-state index in [0.717, 1.165) is 41.1 Å². The van der Waals surface area contributed by atoms with Gasteiger partial charge < -0.3 is 0 Å². The molecule has 1 aliphatic rings. The summed E-state index contributed by atoms with van der Waals surface area (Å²) in [6.07, 6.45) is 6.20. The summed E-state index contributed by atoms with van der Waals surface area (Å²) >= 11 is 3.16. The van der Waals surface area contributed by atoms with Crippen LogP contribution in [-0.4, -0.2) is 54.4 Å². The average molecular weight is 612 g/mol. The first-order chi connectivity index (χ1) is 19.4. The van der Waals surface area contributed by atoms with Crippen LogP contribution in [0.4, 0.5) is 0 Å². The number of carbonyl (C=O) groups is 1. The van der Waals surface area contributed by atoms with Crippen LogP contribution < -0.4 is 0 Å². The van der Waals surface area contributed by atoms with Crippen LogP contribution in [-0.2, 0) is 10.6 Å². The molecule has 202 valence electrons. The second-order valence-electron chi connectivity index (χ2n) is 10.5. The number of likely N-dealkylation sites (tertiary alicyclic amines) is 1. The van der Waals surface area contributed by atoms with E-state index in [9.17, 15) is 4.79 Å². The summed E-state index contributed by atoms with van der Waals surface area (Å²) in [4.78, 5) is 24.9. The van der Waals surface area contributed by atoms with Crippen molar-refractivity contribution in [1.82, 2.24) is 25.1 Å². The molecule has 3 aromatic heterocycles. The number of nitrogens with zero attached hydrogens (tertiary/aromatic N) is 5. The Morgan fingerprint density at radius 2 is 1.93 bits per heavy atom. The van der Waals surface area contributed by atoms with Crippen LogP contribution in [0.25, 0.3) is 22.6 Å². The molecular weight excluding hydrogens is 581 g/mol. The quantitative estimate of drug-likeness (QED) is 0.222. The number of amides is 1. The van der Waals surface area contributed by atoms with Crippen molar-refractivity contribution in [2.45, 2.75) is 43.4 Å². The van der Waals surface area contributed by atoms with Crippen molar-refractivity contribution in [2.24, 2.45) is 0 Å². The Bertz CT molecular complexity index is 1630. The van der Waals surface area contributed by atoms with Crippen LogP contribution >= 0.6 is 11.3 Å². The molecule has 6 rings (SSSR count). The van der Waals surface area contributed by atoms with Gasteiger partial charge in [0.2, 0.25) is 0 Å². The molecule has 4 heterocycles. The van der Waals surface area contributed by atoms with Crippen molar-refractivity contribution < 1.29 is 9.21 Å². The van der Waals surface area contributed by atoms with Crippen LogP contribution in [0.2, 0.25) is 0 Å². The summed E-state index contributed by atoms with van der Waals surface area (Å²) in [5, 5.41) is 11.9. The van der Waals surface area contributed by atoms with Gasteiger partial charge in [-0.3, -0.25) is 0 Å². The molecule has 0 N–H and O–H groups in total. The first kappa shape index (κ1) is 26.6. The summed E-state index contributed by atoms with van der Waals surface area (Å²) < 4.78 is 6.00. The predicted octanol–water partition coefficient (Wildman–Crippen LogP) is 5.63. The molecule has 1 unspecified atom stereocenters. The van der Waals surface area contributed by atoms with Crippen LogP contribution in [0.15, 0.2) is 82.9 Å². The molecule has 1 aliphatic heterocycles. The molecule has 40 heavy (non-hydrogen) atoms. The number of benzene rings is 2. The van der Waals surface area contributed by atoms with Gasteiger partial charge in [-0.15, -0.1) is 0 Å². The van der Waals surface area contributed by atoms with Gasteiger partial charge in [-0.25, -0.2) is 0 Å². The van der Waals surface area contributed by atoms with Gasteiger partial charge >= 0.3 is 229 Å². The van der Waals surface area contributed by atoms with E-state index in [1.54, 1.807) is 23.7 Å². The third kappa shape index (κ3) is 5.51. The summed E-state index contributed by atoms with van der Waals surface area (Å²) in [5.41, 5.74) is 5.30. The van der Waals surface area contributed by atoms with Crippen molar-refractivity contribution in [3.8, 4) is 22.6 Å². The minimum atomic E-state index is -0.298. The standard InChI is InChI=1S/C31H30AsN5O2S/c1-20-19-40-28(34-20)26-11-7-13-37(26)29(38)25-15-23(22-10-6-12-33-18-22)14-24(16-25)27-35-36-30(39-27)31(2,32)17-21-8-4-3-5-9-21/h3-6,8-10,12,14-16,18-19,26H,7,11,13,17,32H2,1-2H3/t26-,31-/m1/s1. The zero-order chi connectivity index (χ0) is 27.7. The van der Waals surface area contributed by atoms with E-state index >= 15 is 0 Å². The van der Waals surface area contributed by atoms with Crippen molar-refractivity contribution in [1.29, 1.82) is 0 Å². The van der Waals surface area contributed by atoms with E-state index in [2.05, 4.69) is 39.2 Å². The molecule has 0 saturated carbocycles. The van der Waals surface area contributed by atoms with Crippen molar-refractivity contribution in [2.75, 3.05) is 6.54 Å². The maximum atomic E-state index is 14.0. The third-order valence-corrected chi connectivity index (χ3v) is 9.20. The van der Waals surface area contributed by atoms with Gasteiger partial charge in [0.05, 0.1) is 0 Å². The molecule has 3 atom stereocenters. The van der Waals surface area contributed by atoms with Gasteiger partial charge in [-0.05, 0) is 6.92 Å². The molecule has 0 bridgehead atoms. The summed E-state index contributed by atoms with van der Waals surface area (Å²) in [6.45, 7) is 4.83. The van der Waals surface area contributed by atoms with Gasteiger partial charge in [0.15, 0.2) is 0 Å². The molecule has 0 radical (unpaired) electrons. The van der Waals surface area contributed by atoms with Gasteiger partial charge in [0.25, 0.3) is 0 Å². The van der Waals surface area contributed by atoms with Gasteiger partial charge in [0.1, 0.15) is 0 Å². The molecule has 1 amide bonds. The second-order valence-corrected chi connectivity index (χ2v) is 14.1. The van der Waals surface area contributed by atoms with Crippen LogP contribution in [0.3, 0.4) is 0 Å². The molecule has 7 nitrogen and oxygen atoms in total. The molecule has 0 aliphatic carbocycles. The Morgan fingerprint density at radius 3 is 2.67 bits per heavy atom. The summed E-state index contributed by atoms with van der Waals surface area (Å²) in [5.74, 6) is 0.972. The minimum absolute atomic E-state index is 0.00674. The first-order valence-electron chi connectivity index (χ1n) is 13.3. The molecule has 0 spiro atoms. The number of hydrogen-bond acceptors (Lipinski definition) is 7. The van der Waals surface area contributed by atoms with E-state index in [0.29, 0.717) is 29.5 Å². The Balaban J connectivity index is 1.36. The third-order valence-electron chi connectivity index (χ3n) is 7.19. The molecule has 1 saturated heterocycles. The van der Waals surface area contributed by atoms with E-state index in [4.69, 9.17) is 4.42 Å². The van der Waals surface area contributed by atoms with E-state index in [-0.39, 0.29) is 16.2 Å². The van der Waals surface area contributed by atoms with E-state index < -0.39 is 0 Å². The fourth-order valence-corrected chi connectivity index (χ4v) is 6.88. The number of aromatic nitrogens is 4. The van der Waals surface area contributed by atoms with Gasteiger partial charge in [-0.1, -0.05) is 0 Å². The monoisotopic (exact) mass is 611 g/mol. The number of aryl methyl sites for hydroxylation is 1. The van der Waals surface area contributed by atoms with Crippen LogP contribution in [0.1, 0.15) is 58.3 Å². The average Bonchev–Trinajstić information content (AvgIpc) is 3.74. The van der Waals surface area contributed by atoms with E-state index in [1.165, 1.54) is 22.4 Å². The summed E-state index contributed by atoms with van der Waals surface area (Å²) in [7, 11) is 0. The topological polar surface area (TPSA) is 85.0 Å². The van der Waals surface area contributed by atoms with Crippen LogP contribution in [0, 0.1) is 6.92 Å². The molecule has 5 aromatic rings. The Morgan fingerprint density at radius 1 is 1.10 bits per heavy atom. The van der Waals surface area contributed by atoms with Crippen LogP contribution in [0.5, 0.6) is 0 Å². The van der Waals surface area contributed by atoms with Gasteiger partial charge in [0, 0.05) is 11.1 Å². The molecular formula is C31H30AsN5O2S. The van der Waals surface area contributed by atoms with Crippen molar-refractivity contribution >= 4 is 34.1 Å². The first-order valence-corrected chi connectivity index (χ1v) is 15.4. The Hall–Kier alpha value is -3.61. The SMILES string of the molecule is Cc1csc([C@H]2CCCN2C(=O)c2cc(-c3cccnc3)cc(-c3nnc([C@](C)([AsH2])Cc4ccccc4)o3)c2)n1. The molecule has 2 aromatic carbocycles. The number of rotatable bonds is 7. The molecule has 1 fully saturated rings. The Labute approximate surface area is 246 Å². The number of carbonyl (C=O) groups excluding carboxylic acids is 1. The normalized spacial score (nSPS) is 16.7. The molecule has 9 heteroatoms. The zero-order valence-electron chi connectivity index (χ0n) is 22.4. The van der Waals surface area contributed by atoms with E-state index in [1.807, 2.05) is 65.7 Å². The van der Waals surface area contributed by atoms with Crippen molar-refractivity contribution in [3.63, 3.8) is 0 Å². The Kier molecular flexibility index (Phi) is 7.39. The predicted molar refractivity (Wildman–Crippen MR) is 159 cm³/mol. The van der Waals surface area contributed by atoms with Crippen molar-refractivity contribution in [3.05, 3.63) is 106 Å².